The van der Waals surface area contributed by atoms with Gasteiger partial charge in [0.2, 0.25) is 0 Å². The SMILES string of the molecule is CO/N=C(\C(=O)N[C@@H]1C(=O)N2C(C(=O)O)=C(C3C=CCn4c(=O)n(C)c(=O)n43)CS[C@H]12)c1csc(N)n1. The highest BCUT2D eigenvalue weighted by Crippen LogP contribution is 2.43. The predicted octanol–water partition coefficient (Wildman–Crippen LogP) is -1.71. The van der Waals surface area contributed by atoms with Gasteiger partial charge < -0.3 is 21.0 Å². The number of carbonyl (C=O) groups is 3. The number of nitrogens with zero attached hydrogens (tertiary/aromatic N) is 6. The van der Waals surface area contributed by atoms with E-state index in [-0.39, 0.29) is 40.1 Å². The number of anilines is 1. The molecule has 5 rings (SSSR count). The Morgan fingerprint density at radius 2 is 2.05 bits per heavy atom. The minimum atomic E-state index is -1.37. The van der Waals surface area contributed by atoms with Crippen molar-refractivity contribution >= 4 is 51.7 Å². The van der Waals surface area contributed by atoms with E-state index in [9.17, 15) is 29.1 Å². The van der Waals surface area contributed by atoms with Crippen molar-refractivity contribution in [3.8, 4) is 0 Å². The van der Waals surface area contributed by atoms with Crippen molar-refractivity contribution in [2.45, 2.75) is 24.0 Å². The monoisotopic (exact) mass is 548 g/mol. The molecule has 17 heteroatoms. The van der Waals surface area contributed by atoms with Gasteiger partial charge in [-0.2, -0.15) is 0 Å². The lowest BCUT2D eigenvalue weighted by Crippen LogP contribution is -2.71. The molecule has 5 heterocycles. The predicted molar refractivity (Wildman–Crippen MR) is 132 cm³/mol. The van der Waals surface area contributed by atoms with Gasteiger partial charge in [0.1, 0.15) is 29.9 Å². The normalized spacial score (nSPS) is 22.9. The molecule has 0 saturated carbocycles. The second-order valence-corrected chi connectivity index (χ2v) is 10.2. The van der Waals surface area contributed by atoms with Crippen molar-refractivity contribution in [2.24, 2.45) is 12.2 Å². The van der Waals surface area contributed by atoms with Crippen LogP contribution < -0.4 is 22.4 Å². The topological polar surface area (TPSA) is 196 Å². The minimum absolute atomic E-state index is 0.134. The molecule has 0 spiro atoms. The first-order valence-electron chi connectivity index (χ1n) is 10.7. The molecule has 0 radical (unpaired) electrons. The average molecular weight is 549 g/mol. The van der Waals surface area contributed by atoms with Crippen LogP contribution in [-0.4, -0.2) is 76.7 Å². The minimum Gasteiger partial charge on any atom is -0.477 e. The third kappa shape index (κ3) is 3.77. The van der Waals surface area contributed by atoms with Crippen LogP contribution in [0.1, 0.15) is 11.7 Å². The average Bonchev–Trinajstić information content (AvgIpc) is 3.41. The summed E-state index contributed by atoms with van der Waals surface area (Å²) in [6.45, 7) is 0.156. The van der Waals surface area contributed by atoms with Crippen LogP contribution >= 0.6 is 23.1 Å². The number of aliphatic carboxylic acids is 1. The molecule has 194 valence electrons. The number of aromatic nitrogens is 4. The summed E-state index contributed by atoms with van der Waals surface area (Å²) in [6.07, 6.45) is 3.30. The number of rotatable bonds is 6. The Bertz CT molecular complexity index is 1540. The van der Waals surface area contributed by atoms with E-state index in [2.05, 4.69) is 15.5 Å². The van der Waals surface area contributed by atoms with Gasteiger partial charge in [-0.3, -0.25) is 14.5 Å². The van der Waals surface area contributed by atoms with E-state index >= 15 is 0 Å². The highest BCUT2D eigenvalue weighted by Gasteiger charge is 2.55. The molecule has 2 amide bonds. The molecular formula is C20H20N8O7S2. The molecule has 1 saturated heterocycles. The number of amides is 2. The summed E-state index contributed by atoms with van der Waals surface area (Å²) in [5.74, 6) is -2.62. The van der Waals surface area contributed by atoms with E-state index in [4.69, 9.17) is 10.6 Å². The van der Waals surface area contributed by atoms with Crippen molar-refractivity contribution in [3.05, 3.63) is 55.5 Å². The highest BCUT2D eigenvalue weighted by atomic mass is 32.2. The number of allylic oxidation sites excluding steroid dienone is 2. The van der Waals surface area contributed by atoms with Crippen LogP contribution in [0.3, 0.4) is 0 Å². The largest absolute Gasteiger partial charge is 0.477 e. The smallest absolute Gasteiger partial charge is 0.352 e. The van der Waals surface area contributed by atoms with E-state index in [0.717, 1.165) is 20.8 Å². The zero-order chi connectivity index (χ0) is 26.6. The molecule has 0 aliphatic carbocycles. The summed E-state index contributed by atoms with van der Waals surface area (Å²) in [5.41, 5.74) is 4.47. The van der Waals surface area contributed by atoms with Gasteiger partial charge in [0, 0.05) is 18.2 Å². The van der Waals surface area contributed by atoms with Crippen molar-refractivity contribution in [1.82, 2.24) is 29.1 Å². The van der Waals surface area contributed by atoms with E-state index in [1.165, 1.54) is 40.7 Å². The maximum absolute atomic E-state index is 13.1. The Morgan fingerprint density at radius 1 is 1.30 bits per heavy atom. The van der Waals surface area contributed by atoms with Crippen molar-refractivity contribution in [2.75, 3.05) is 18.6 Å². The molecule has 1 fully saturated rings. The number of carboxylic acid groups (broad SMARTS) is 1. The second kappa shape index (κ2) is 9.07. The summed E-state index contributed by atoms with van der Waals surface area (Å²) in [7, 11) is 2.59. The number of hydrogen-bond donors (Lipinski definition) is 3. The van der Waals surface area contributed by atoms with Crippen LogP contribution in [0.25, 0.3) is 0 Å². The number of β-lactam (4-membered cyclic amide) rings is 1. The maximum atomic E-state index is 13.1. The molecule has 37 heavy (non-hydrogen) atoms. The van der Waals surface area contributed by atoms with Gasteiger partial charge in [0.05, 0.1) is 12.6 Å². The van der Waals surface area contributed by atoms with E-state index in [1.807, 2.05) is 0 Å². The summed E-state index contributed by atoms with van der Waals surface area (Å²) in [6, 6.07) is -1.90. The maximum Gasteiger partial charge on any atom is 0.352 e. The number of oxime groups is 1. The number of thioether (sulfide) groups is 1. The molecule has 2 aromatic heterocycles. The van der Waals surface area contributed by atoms with Gasteiger partial charge in [0.25, 0.3) is 11.8 Å². The van der Waals surface area contributed by atoms with Crippen LogP contribution in [0, 0.1) is 0 Å². The summed E-state index contributed by atoms with van der Waals surface area (Å²) in [5, 5.41) is 17.3. The van der Waals surface area contributed by atoms with Gasteiger partial charge in [-0.25, -0.2) is 33.3 Å². The van der Waals surface area contributed by atoms with Crippen LogP contribution in [0.5, 0.6) is 0 Å². The first kappa shape index (κ1) is 24.6. The summed E-state index contributed by atoms with van der Waals surface area (Å²) in [4.78, 5) is 73.3. The van der Waals surface area contributed by atoms with Crippen LogP contribution in [0.15, 0.2) is 43.5 Å². The number of thiazole rings is 1. The fourth-order valence-corrected chi connectivity index (χ4v) is 6.39. The standard InChI is InChI=1S/C20H20N8O7S2/c1-25-19(33)26-5-3-4-10(28(26)20(25)34)8-6-36-16-12(15(30)27(16)13(8)17(31)32)23-14(29)11(24-35-2)9-7-37-18(21)22-9/h3-4,7,10,12,16H,5-6H2,1-2H3,(H2,21,22)(H,23,29)(H,31,32)/b24-11-/t10?,12-,16-/m1/s1. The molecule has 4 N–H and O–H groups in total. The quantitative estimate of drug-likeness (QED) is 0.162. The Kier molecular flexibility index (Phi) is 6.03. The van der Waals surface area contributed by atoms with Gasteiger partial charge in [-0.05, 0) is 5.57 Å². The number of nitrogen functional groups attached to an aromatic ring is 1. The number of carboxylic acids is 1. The lowest BCUT2D eigenvalue weighted by molar-refractivity contribution is -0.150. The van der Waals surface area contributed by atoms with Crippen LogP contribution in [0.2, 0.25) is 0 Å². The number of carbonyl (C=O) groups excluding carboxylic acids is 2. The fourth-order valence-electron chi connectivity index (χ4n) is 4.45. The van der Waals surface area contributed by atoms with E-state index in [0.29, 0.717) is 0 Å². The number of fused-ring (bicyclic) bond motifs is 2. The Morgan fingerprint density at radius 3 is 2.70 bits per heavy atom. The van der Waals surface area contributed by atoms with Crippen molar-refractivity contribution in [3.63, 3.8) is 0 Å². The fraction of sp³-hybridized carbons (Fsp3) is 0.350. The molecule has 15 nitrogen and oxygen atoms in total. The Hall–Kier alpha value is -4.12. The van der Waals surface area contributed by atoms with Crippen LogP contribution in [-0.2, 0) is 32.8 Å². The van der Waals surface area contributed by atoms with E-state index in [1.54, 1.807) is 12.2 Å². The molecule has 0 bridgehead atoms. The zero-order valence-electron chi connectivity index (χ0n) is 19.4. The number of nitrogens with two attached hydrogens (primary N) is 1. The molecule has 0 aromatic carbocycles. The van der Waals surface area contributed by atoms with Gasteiger partial charge in [-0.1, -0.05) is 17.3 Å². The highest BCUT2D eigenvalue weighted by molar-refractivity contribution is 8.00. The van der Waals surface area contributed by atoms with Crippen molar-refractivity contribution < 1.29 is 24.3 Å². The second-order valence-electron chi connectivity index (χ2n) is 8.16. The molecule has 1 unspecified atom stereocenters. The first-order valence-corrected chi connectivity index (χ1v) is 12.7. The van der Waals surface area contributed by atoms with E-state index < -0.39 is 46.6 Å². The Balaban J connectivity index is 1.45. The molecule has 3 atom stereocenters. The lowest BCUT2D eigenvalue weighted by atomic mass is 9.98. The van der Waals surface area contributed by atoms with Gasteiger partial charge in [-0.15, -0.1) is 23.1 Å². The number of nitrogens with one attached hydrogen (secondary N) is 1. The molecule has 2 aromatic rings. The third-order valence-electron chi connectivity index (χ3n) is 6.12. The molecule has 3 aliphatic rings. The van der Waals surface area contributed by atoms with Gasteiger partial charge >= 0.3 is 17.3 Å². The molecule has 3 aliphatic heterocycles. The number of hydrogen-bond acceptors (Lipinski definition) is 11. The summed E-state index contributed by atoms with van der Waals surface area (Å²) >= 11 is 2.32. The third-order valence-corrected chi connectivity index (χ3v) is 8.09. The molecular weight excluding hydrogens is 528 g/mol. The van der Waals surface area contributed by atoms with Gasteiger partial charge in [0.15, 0.2) is 10.8 Å². The van der Waals surface area contributed by atoms with Crippen molar-refractivity contribution in [1.29, 1.82) is 0 Å². The lowest BCUT2D eigenvalue weighted by Gasteiger charge is -2.50. The summed E-state index contributed by atoms with van der Waals surface area (Å²) < 4.78 is 3.35. The zero-order valence-corrected chi connectivity index (χ0v) is 21.0. The first-order chi connectivity index (χ1) is 17.6. The Labute approximate surface area is 215 Å². The van der Waals surface area contributed by atoms with Crippen LogP contribution in [0.4, 0.5) is 5.13 Å².